The quantitative estimate of drug-likeness (QED) is 0.220. The number of rotatable bonds is 5. The minimum absolute atomic E-state index is 0.0555. The number of hydrogen-bond acceptors (Lipinski definition) is 7. The number of H-pyrrole nitrogens is 1. The lowest BCUT2D eigenvalue weighted by atomic mass is 9.94. The maximum absolute atomic E-state index is 12.9. The first-order valence-corrected chi connectivity index (χ1v) is 17.8. The van der Waals surface area contributed by atoms with E-state index in [9.17, 15) is 9.59 Å². The summed E-state index contributed by atoms with van der Waals surface area (Å²) in [6.45, 7) is 13.3. The molecule has 262 valence electrons. The molecule has 0 radical (unpaired) electrons. The third-order valence-electron chi connectivity index (χ3n) is 9.59. The van der Waals surface area contributed by atoms with E-state index >= 15 is 0 Å². The van der Waals surface area contributed by atoms with E-state index in [0.29, 0.717) is 19.6 Å². The molecule has 2 fully saturated rings. The summed E-state index contributed by atoms with van der Waals surface area (Å²) < 4.78 is 11.4. The van der Waals surface area contributed by atoms with Gasteiger partial charge < -0.3 is 19.8 Å². The number of aliphatic imine (C=N–C) groups is 1. The number of nitrogens with one attached hydrogen (secondary N) is 2. The predicted octanol–water partition coefficient (Wildman–Crippen LogP) is 8.41. The Bertz CT molecular complexity index is 1920. The first kappa shape index (κ1) is 33.6. The Hall–Kier alpha value is -4.86. The topological polar surface area (TPSA) is 112 Å². The van der Waals surface area contributed by atoms with Gasteiger partial charge in [0, 0.05) is 18.7 Å². The molecule has 2 amide bonds. The van der Waals surface area contributed by atoms with Crippen LogP contribution in [-0.4, -0.2) is 74.7 Å². The molecule has 0 spiro atoms. The molecule has 3 aliphatic rings. The van der Waals surface area contributed by atoms with Gasteiger partial charge in [0.2, 0.25) is 0 Å². The third-order valence-corrected chi connectivity index (χ3v) is 9.59. The summed E-state index contributed by atoms with van der Waals surface area (Å²) in [6, 6.07) is 21.3. The van der Waals surface area contributed by atoms with Gasteiger partial charge in [0.15, 0.2) is 0 Å². The Morgan fingerprint density at radius 3 is 1.98 bits per heavy atom. The number of ether oxygens (including phenoxy) is 2. The number of amides is 2. The molecule has 3 atom stereocenters. The number of carbonyl (C=O) groups is 2. The number of hydrogen-bond donors (Lipinski definition) is 2. The van der Waals surface area contributed by atoms with Crippen LogP contribution in [0.5, 0.6) is 0 Å². The van der Waals surface area contributed by atoms with Gasteiger partial charge in [-0.05, 0) is 94.7 Å². The molecule has 3 aliphatic heterocycles. The van der Waals surface area contributed by atoms with Crippen LogP contribution in [0, 0.1) is 0 Å². The number of nitrogens with zero attached hydrogens (tertiary/aromatic N) is 4. The number of carbonyl (C=O) groups excluding carboxylic acids is 2. The van der Waals surface area contributed by atoms with Crippen molar-refractivity contribution in [1.82, 2.24) is 25.1 Å². The fourth-order valence-corrected chi connectivity index (χ4v) is 7.36. The zero-order valence-corrected chi connectivity index (χ0v) is 30.0. The first-order chi connectivity index (χ1) is 23.8. The summed E-state index contributed by atoms with van der Waals surface area (Å²) in [5.74, 6) is 1.65. The van der Waals surface area contributed by atoms with Crippen LogP contribution in [0.2, 0.25) is 0 Å². The molecule has 4 aromatic rings. The van der Waals surface area contributed by atoms with Crippen molar-refractivity contribution in [1.29, 1.82) is 0 Å². The van der Waals surface area contributed by atoms with E-state index in [0.717, 1.165) is 76.1 Å². The van der Waals surface area contributed by atoms with Crippen molar-refractivity contribution in [2.45, 2.75) is 96.6 Å². The molecule has 2 saturated heterocycles. The summed E-state index contributed by atoms with van der Waals surface area (Å²) in [4.78, 5) is 42.6. The molecule has 10 nitrogen and oxygen atoms in total. The molecule has 50 heavy (non-hydrogen) atoms. The van der Waals surface area contributed by atoms with Gasteiger partial charge in [0.1, 0.15) is 22.9 Å². The number of aromatic amines is 1. The molecule has 2 N–H and O–H groups in total. The highest BCUT2D eigenvalue weighted by Crippen LogP contribution is 2.37. The summed E-state index contributed by atoms with van der Waals surface area (Å²) in [7, 11) is 0. The second-order valence-corrected chi connectivity index (χ2v) is 15.6. The smallest absolute Gasteiger partial charge is 0.410 e. The number of fused-ring (bicyclic) bond motifs is 1. The highest BCUT2D eigenvalue weighted by Gasteiger charge is 2.38. The summed E-state index contributed by atoms with van der Waals surface area (Å²) >= 11 is 0. The lowest BCUT2D eigenvalue weighted by Crippen LogP contribution is -2.46. The Balaban J connectivity index is 1.07. The van der Waals surface area contributed by atoms with Crippen molar-refractivity contribution in [2.24, 2.45) is 4.99 Å². The maximum atomic E-state index is 12.9. The molecule has 1 unspecified atom stereocenters. The predicted molar refractivity (Wildman–Crippen MR) is 196 cm³/mol. The zero-order valence-electron chi connectivity index (χ0n) is 30.0. The van der Waals surface area contributed by atoms with Gasteiger partial charge in [-0.2, -0.15) is 0 Å². The molecular weight excluding hydrogens is 628 g/mol. The van der Waals surface area contributed by atoms with E-state index in [1.807, 2.05) is 52.6 Å². The maximum Gasteiger partial charge on any atom is 0.410 e. The van der Waals surface area contributed by atoms with Crippen LogP contribution in [0.25, 0.3) is 33.2 Å². The van der Waals surface area contributed by atoms with Crippen molar-refractivity contribution in [3.8, 4) is 22.4 Å². The highest BCUT2D eigenvalue weighted by atomic mass is 16.6. The molecule has 1 aromatic heterocycles. The number of likely N-dealkylation sites (tertiary alicyclic amines) is 2. The molecular formula is C40H48N6O4. The molecule has 4 heterocycles. The summed E-state index contributed by atoms with van der Waals surface area (Å²) in [5, 5.41) is 5.89. The molecule has 0 saturated carbocycles. The van der Waals surface area contributed by atoms with Crippen LogP contribution in [0.1, 0.15) is 90.7 Å². The molecule has 7 rings (SSSR count). The highest BCUT2D eigenvalue weighted by molar-refractivity contribution is 6.04. The van der Waals surface area contributed by atoms with Crippen molar-refractivity contribution < 1.29 is 19.1 Å². The van der Waals surface area contributed by atoms with Crippen LogP contribution >= 0.6 is 0 Å². The average Bonchev–Trinajstić information content (AvgIpc) is 3.89. The van der Waals surface area contributed by atoms with Crippen molar-refractivity contribution in [3.63, 3.8) is 0 Å². The SMILES string of the molecule is CC(C)(C)OC(=O)N1CCC[C@H]1C1=NCC(c2ccc(-c3cccc4c(-c5cnc([C@@H]6CCCN6C(=O)OC(C)(C)C)[nH]5)cccc34)cc2)N1. The Morgan fingerprint density at radius 2 is 1.34 bits per heavy atom. The van der Waals surface area contributed by atoms with Crippen LogP contribution in [0.4, 0.5) is 9.59 Å². The molecule has 0 aliphatic carbocycles. The van der Waals surface area contributed by atoms with E-state index in [4.69, 9.17) is 19.5 Å². The summed E-state index contributed by atoms with van der Waals surface area (Å²) in [5.41, 5.74) is 4.35. The largest absolute Gasteiger partial charge is 0.444 e. The normalized spacial score (nSPS) is 21.0. The van der Waals surface area contributed by atoms with Crippen molar-refractivity contribution in [2.75, 3.05) is 19.6 Å². The van der Waals surface area contributed by atoms with Gasteiger partial charge in [-0.15, -0.1) is 0 Å². The van der Waals surface area contributed by atoms with Gasteiger partial charge in [-0.25, -0.2) is 14.6 Å². The average molecular weight is 677 g/mol. The van der Waals surface area contributed by atoms with Crippen LogP contribution in [0.15, 0.2) is 71.9 Å². The van der Waals surface area contributed by atoms with E-state index in [1.54, 1.807) is 4.90 Å². The van der Waals surface area contributed by atoms with Gasteiger partial charge in [-0.1, -0.05) is 60.7 Å². The second-order valence-electron chi connectivity index (χ2n) is 15.6. The van der Waals surface area contributed by atoms with E-state index in [1.165, 1.54) is 0 Å². The Morgan fingerprint density at radius 1 is 0.760 bits per heavy atom. The number of benzene rings is 3. The first-order valence-electron chi connectivity index (χ1n) is 17.8. The van der Waals surface area contributed by atoms with Crippen LogP contribution in [0.3, 0.4) is 0 Å². The van der Waals surface area contributed by atoms with Gasteiger partial charge in [0.05, 0.1) is 36.6 Å². The van der Waals surface area contributed by atoms with Crippen molar-refractivity contribution in [3.05, 3.63) is 78.2 Å². The van der Waals surface area contributed by atoms with E-state index in [2.05, 4.69) is 71.0 Å². The lowest BCUT2D eigenvalue weighted by molar-refractivity contribution is 0.0216. The summed E-state index contributed by atoms with van der Waals surface area (Å²) in [6.07, 6.45) is 4.87. The number of amidine groups is 1. The number of aromatic nitrogens is 2. The van der Waals surface area contributed by atoms with Gasteiger partial charge >= 0.3 is 12.2 Å². The second kappa shape index (κ2) is 13.1. The monoisotopic (exact) mass is 676 g/mol. The van der Waals surface area contributed by atoms with Gasteiger partial charge in [-0.3, -0.25) is 14.8 Å². The van der Waals surface area contributed by atoms with E-state index < -0.39 is 11.2 Å². The van der Waals surface area contributed by atoms with E-state index in [-0.39, 0.29) is 30.3 Å². The number of imidazole rings is 1. The third kappa shape index (κ3) is 6.93. The lowest BCUT2D eigenvalue weighted by Gasteiger charge is -2.29. The fourth-order valence-electron chi connectivity index (χ4n) is 7.36. The zero-order chi connectivity index (χ0) is 35.2. The minimum atomic E-state index is -0.549. The fraction of sp³-hybridized carbons (Fsp3) is 0.450. The Kier molecular flexibility index (Phi) is 8.82. The minimum Gasteiger partial charge on any atom is -0.444 e. The molecule has 3 aromatic carbocycles. The molecule has 10 heteroatoms. The van der Waals surface area contributed by atoms with Crippen LogP contribution in [-0.2, 0) is 9.47 Å². The standard InChI is InChI=1S/C40H48N6O4/c1-39(2,3)49-37(47)45-21-9-15-33(45)35-41-23-31(43-35)26-19-17-25(18-20-26)27-11-7-13-29-28(27)12-8-14-30(29)32-24-42-36(44-32)34-16-10-22-46(34)38(48)50-40(4,5)6/h7-8,11-14,17-20,24,31,33-34H,9-10,15-16,21-23H2,1-6H3,(H,41,43)(H,42,44)/t31?,33-,34-/m0/s1. The van der Waals surface area contributed by atoms with Crippen molar-refractivity contribution >= 4 is 28.8 Å². The molecule has 0 bridgehead atoms. The van der Waals surface area contributed by atoms with Crippen LogP contribution < -0.4 is 5.32 Å². The Labute approximate surface area is 294 Å². The van der Waals surface area contributed by atoms with Gasteiger partial charge in [0.25, 0.3) is 0 Å².